The molecule has 0 atom stereocenters. The second-order valence-electron chi connectivity index (χ2n) is 5.62. The van der Waals surface area contributed by atoms with Crippen molar-refractivity contribution < 1.29 is 4.79 Å². The SMILES string of the molecule is Cn1c(=O)c2c(ncn2CCC(=O)Nc2ccc(Cl)cc2)n(C)c1=O. The molecular formula is C16H16ClN5O3. The summed E-state index contributed by atoms with van der Waals surface area (Å²) in [5.74, 6) is -0.203. The molecular weight excluding hydrogens is 346 g/mol. The molecule has 1 aromatic carbocycles. The fourth-order valence-electron chi connectivity index (χ4n) is 2.55. The van der Waals surface area contributed by atoms with Crippen molar-refractivity contribution in [2.75, 3.05) is 5.32 Å². The fourth-order valence-corrected chi connectivity index (χ4v) is 2.67. The third-order valence-electron chi connectivity index (χ3n) is 3.92. The van der Waals surface area contributed by atoms with Gasteiger partial charge in [-0.15, -0.1) is 0 Å². The summed E-state index contributed by atoms with van der Waals surface area (Å²) in [7, 11) is 2.96. The number of rotatable bonds is 4. The molecule has 1 amide bonds. The standard InChI is InChI=1S/C16H16ClN5O3/c1-20-14-13(15(24)21(2)16(20)25)22(9-18-14)8-7-12(23)19-11-5-3-10(17)4-6-11/h3-6,9H,7-8H2,1-2H3,(H,19,23). The first-order chi connectivity index (χ1) is 11.9. The molecule has 0 aliphatic rings. The molecule has 0 unspecified atom stereocenters. The number of halogens is 1. The molecule has 0 aliphatic heterocycles. The van der Waals surface area contributed by atoms with E-state index >= 15 is 0 Å². The Morgan fingerprint density at radius 3 is 2.52 bits per heavy atom. The number of benzene rings is 1. The van der Waals surface area contributed by atoms with E-state index in [9.17, 15) is 14.4 Å². The number of anilines is 1. The zero-order valence-electron chi connectivity index (χ0n) is 13.7. The van der Waals surface area contributed by atoms with E-state index in [-0.39, 0.29) is 18.9 Å². The normalized spacial score (nSPS) is 11.0. The van der Waals surface area contributed by atoms with Crippen LogP contribution in [0.5, 0.6) is 0 Å². The average Bonchev–Trinajstić information content (AvgIpc) is 3.02. The van der Waals surface area contributed by atoms with Gasteiger partial charge in [0.2, 0.25) is 5.91 Å². The van der Waals surface area contributed by atoms with Crippen LogP contribution in [-0.4, -0.2) is 24.6 Å². The Labute approximate surface area is 147 Å². The van der Waals surface area contributed by atoms with Gasteiger partial charge in [0.05, 0.1) is 6.33 Å². The smallest absolute Gasteiger partial charge is 0.326 e. The van der Waals surface area contributed by atoms with Crippen LogP contribution in [0.15, 0.2) is 40.2 Å². The van der Waals surface area contributed by atoms with E-state index in [2.05, 4.69) is 10.3 Å². The molecule has 9 heteroatoms. The van der Waals surface area contributed by atoms with Crippen molar-refractivity contribution in [3.8, 4) is 0 Å². The summed E-state index contributed by atoms with van der Waals surface area (Å²) in [6.45, 7) is 0.267. The average molecular weight is 362 g/mol. The van der Waals surface area contributed by atoms with Crippen LogP contribution >= 0.6 is 11.6 Å². The van der Waals surface area contributed by atoms with Crippen LogP contribution in [0.2, 0.25) is 5.02 Å². The van der Waals surface area contributed by atoms with Gasteiger partial charge in [0, 0.05) is 37.8 Å². The van der Waals surface area contributed by atoms with Crippen molar-refractivity contribution in [3.63, 3.8) is 0 Å². The Kier molecular flexibility index (Phi) is 4.45. The van der Waals surface area contributed by atoms with Gasteiger partial charge < -0.3 is 9.88 Å². The predicted octanol–water partition coefficient (Wildman–Crippen LogP) is 1.12. The minimum absolute atomic E-state index is 0.153. The molecule has 0 aliphatic carbocycles. The predicted molar refractivity (Wildman–Crippen MR) is 94.9 cm³/mol. The van der Waals surface area contributed by atoms with Crippen molar-refractivity contribution >= 4 is 34.4 Å². The highest BCUT2D eigenvalue weighted by Crippen LogP contribution is 2.14. The molecule has 2 aromatic heterocycles. The van der Waals surface area contributed by atoms with Gasteiger partial charge in [-0.3, -0.25) is 18.7 Å². The van der Waals surface area contributed by atoms with E-state index in [1.807, 2.05) is 0 Å². The van der Waals surface area contributed by atoms with Gasteiger partial charge in [0.15, 0.2) is 11.2 Å². The first kappa shape index (κ1) is 17.0. The molecule has 0 saturated heterocycles. The summed E-state index contributed by atoms with van der Waals surface area (Å²) in [5.41, 5.74) is 0.357. The van der Waals surface area contributed by atoms with Crippen molar-refractivity contribution in [1.82, 2.24) is 18.7 Å². The van der Waals surface area contributed by atoms with Gasteiger partial charge in [-0.2, -0.15) is 0 Å². The molecule has 3 rings (SSSR count). The number of hydrogen-bond acceptors (Lipinski definition) is 4. The summed E-state index contributed by atoms with van der Waals surface area (Å²) in [4.78, 5) is 40.4. The quantitative estimate of drug-likeness (QED) is 0.753. The number of fused-ring (bicyclic) bond motifs is 1. The minimum Gasteiger partial charge on any atom is -0.326 e. The van der Waals surface area contributed by atoms with Gasteiger partial charge in [0.1, 0.15) is 0 Å². The van der Waals surface area contributed by atoms with Crippen molar-refractivity contribution in [2.45, 2.75) is 13.0 Å². The number of aryl methyl sites for hydroxylation is 2. The third-order valence-corrected chi connectivity index (χ3v) is 4.18. The number of aromatic nitrogens is 4. The van der Waals surface area contributed by atoms with Gasteiger partial charge in [-0.1, -0.05) is 11.6 Å². The molecule has 0 spiro atoms. The maximum atomic E-state index is 12.3. The Bertz CT molecular complexity index is 1060. The molecule has 2 heterocycles. The molecule has 8 nitrogen and oxygen atoms in total. The zero-order valence-corrected chi connectivity index (χ0v) is 14.4. The summed E-state index contributed by atoms with van der Waals surface area (Å²) in [6, 6.07) is 6.78. The monoisotopic (exact) mass is 361 g/mol. The summed E-state index contributed by atoms with van der Waals surface area (Å²) in [5, 5.41) is 3.34. The highest BCUT2D eigenvalue weighted by atomic mass is 35.5. The Balaban J connectivity index is 1.80. The molecule has 0 fully saturated rings. The minimum atomic E-state index is -0.441. The van der Waals surface area contributed by atoms with E-state index in [1.165, 1.54) is 17.9 Å². The lowest BCUT2D eigenvalue weighted by atomic mass is 10.3. The van der Waals surface area contributed by atoms with Gasteiger partial charge >= 0.3 is 5.69 Å². The van der Waals surface area contributed by atoms with Crippen LogP contribution in [0.4, 0.5) is 5.69 Å². The van der Waals surface area contributed by atoms with Crippen LogP contribution in [0, 0.1) is 0 Å². The van der Waals surface area contributed by atoms with Crippen LogP contribution in [0.1, 0.15) is 6.42 Å². The molecule has 0 bridgehead atoms. The fraction of sp³-hybridized carbons (Fsp3) is 0.250. The second kappa shape index (κ2) is 6.56. The first-order valence-corrected chi connectivity index (χ1v) is 7.92. The van der Waals surface area contributed by atoms with Crippen LogP contribution in [0.3, 0.4) is 0 Å². The summed E-state index contributed by atoms with van der Waals surface area (Å²) < 4.78 is 3.91. The van der Waals surface area contributed by atoms with E-state index in [1.54, 1.807) is 35.9 Å². The van der Waals surface area contributed by atoms with Crippen LogP contribution < -0.4 is 16.6 Å². The number of hydrogen-bond donors (Lipinski definition) is 1. The number of carbonyl (C=O) groups is 1. The van der Waals surface area contributed by atoms with Crippen molar-refractivity contribution in [1.29, 1.82) is 0 Å². The number of amides is 1. The Morgan fingerprint density at radius 2 is 1.84 bits per heavy atom. The largest absolute Gasteiger partial charge is 0.332 e. The van der Waals surface area contributed by atoms with Crippen molar-refractivity contribution in [2.24, 2.45) is 14.1 Å². The van der Waals surface area contributed by atoms with Gasteiger partial charge in [0.25, 0.3) is 5.56 Å². The molecule has 0 saturated carbocycles. The van der Waals surface area contributed by atoms with E-state index in [4.69, 9.17) is 11.6 Å². The van der Waals surface area contributed by atoms with E-state index in [0.717, 1.165) is 4.57 Å². The molecule has 0 radical (unpaired) electrons. The van der Waals surface area contributed by atoms with Crippen molar-refractivity contribution in [3.05, 3.63) is 56.5 Å². The Hall–Kier alpha value is -2.87. The van der Waals surface area contributed by atoms with E-state index in [0.29, 0.717) is 21.9 Å². The summed E-state index contributed by atoms with van der Waals surface area (Å²) in [6.07, 6.45) is 1.61. The molecule has 3 aromatic rings. The van der Waals surface area contributed by atoms with E-state index < -0.39 is 11.2 Å². The van der Waals surface area contributed by atoms with Gasteiger partial charge in [-0.05, 0) is 24.3 Å². The topological polar surface area (TPSA) is 90.9 Å². The first-order valence-electron chi connectivity index (χ1n) is 7.54. The highest BCUT2D eigenvalue weighted by Gasteiger charge is 2.14. The number of carbonyl (C=O) groups excluding carboxylic acids is 1. The maximum absolute atomic E-state index is 12.3. The maximum Gasteiger partial charge on any atom is 0.332 e. The lowest BCUT2D eigenvalue weighted by Gasteiger charge is -2.08. The number of nitrogens with one attached hydrogen (secondary N) is 1. The molecule has 1 N–H and O–H groups in total. The van der Waals surface area contributed by atoms with Crippen LogP contribution in [-0.2, 0) is 25.4 Å². The third kappa shape index (κ3) is 3.20. The van der Waals surface area contributed by atoms with Gasteiger partial charge in [-0.25, -0.2) is 9.78 Å². The molecule has 25 heavy (non-hydrogen) atoms. The second-order valence-corrected chi connectivity index (χ2v) is 6.06. The highest BCUT2D eigenvalue weighted by molar-refractivity contribution is 6.30. The number of nitrogens with zero attached hydrogens (tertiary/aromatic N) is 4. The molecule has 130 valence electrons. The number of imidazole rings is 1. The zero-order chi connectivity index (χ0) is 18.1. The lowest BCUT2D eigenvalue weighted by molar-refractivity contribution is -0.116. The Morgan fingerprint density at radius 1 is 1.16 bits per heavy atom. The summed E-state index contributed by atoms with van der Waals surface area (Å²) >= 11 is 5.81. The van der Waals surface area contributed by atoms with Crippen LogP contribution in [0.25, 0.3) is 11.2 Å². The lowest BCUT2D eigenvalue weighted by Crippen LogP contribution is -2.37.